The normalized spacial score (nSPS) is 11.6. The highest BCUT2D eigenvalue weighted by atomic mass is 16.6. The van der Waals surface area contributed by atoms with Gasteiger partial charge in [-0.2, -0.15) is 0 Å². The molecule has 0 aliphatic carbocycles. The van der Waals surface area contributed by atoms with Crippen molar-refractivity contribution in [3.05, 3.63) is 33.9 Å². The van der Waals surface area contributed by atoms with Crippen LogP contribution in [0, 0.1) is 10.1 Å². The van der Waals surface area contributed by atoms with Gasteiger partial charge in [-0.25, -0.2) is 4.79 Å². The van der Waals surface area contributed by atoms with Gasteiger partial charge in [-0.3, -0.25) is 14.9 Å². The predicted molar refractivity (Wildman–Crippen MR) is 61.8 cm³/mol. The van der Waals surface area contributed by atoms with Gasteiger partial charge in [0, 0.05) is 12.5 Å². The van der Waals surface area contributed by atoms with Crippen LogP contribution in [0.25, 0.3) is 0 Å². The van der Waals surface area contributed by atoms with E-state index in [-0.39, 0.29) is 24.2 Å². The Morgan fingerprint density at radius 3 is 2.78 bits per heavy atom. The lowest BCUT2D eigenvalue weighted by atomic mass is 10.0. The second kappa shape index (κ2) is 5.62. The first-order chi connectivity index (χ1) is 8.45. The molecular weight excluding hydrogens is 242 g/mol. The Morgan fingerprint density at radius 1 is 1.61 bits per heavy atom. The van der Waals surface area contributed by atoms with Crippen molar-refractivity contribution < 1.29 is 19.6 Å². The molecule has 1 atom stereocenters. The van der Waals surface area contributed by atoms with E-state index in [1.807, 2.05) is 0 Å². The van der Waals surface area contributed by atoms with Gasteiger partial charge >= 0.3 is 5.97 Å². The Balaban J connectivity index is 2.96. The van der Waals surface area contributed by atoms with Gasteiger partial charge in [0.15, 0.2) is 0 Å². The molecule has 1 amide bonds. The second-order valence-corrected chi connectivity index (χ2v) is 3.53. The molecule has 0 aliphatic rings. The number of nitrogens with zero attached hydrogens (tertiary/aromatic N) is 1. The number of benzene rings is 1. The van der Waals surface area contributed by atoms with Gasteiger partial charge in [-0.15, -0.1) is 0 Å². The zero-order valence-electron chi connectivity index (χ0n) is 9.20. The fraction of sp³-hybridized carbons (Fsp3) is 0.200. The monoisotopic (exact) mass is 253 g/mol. The van der Waals surface area contributed by atoms with Crippen molar-refractivity contribution in [2.45, 2.75) is 12.5 Å². The van der Waals surface area contributed by atoms with Crippen LogP contribution in [0.5, 0.6) is 0 Å². The van der Waals surface area contributed by atoms with Gasteiger partial charge in [0.2, 0.25) is 6.41 Å². The lowest BCUT2D eigenvalue weighted by molar-refractivity contribution is -0.384. The Kier molecular flexibility index (Phi) is 4.19. The summed E-state index contributed by atoms with van der Waals surface area (Å²) in [5.41, 5.74) is 5.52. The molecule has 0 fully saturated rings. The molecule has 8 heteroatoms. The van der Waals surface area contributed by atoms with Crippen molar-refractivity contribution in [2.24, 2.45) is 0 Å². The summed E-state index contributed by atoms with van der Waals surface area (Å²) in [5, 5.41) is 21.6. The zero-order valence-corrected chi connectivity index (χ0v) is 9.20. The van der Waals surface area contributed by atoms with Crippen LogP contribution in [0.15, 0.2) is 18.2 Å². The predicted octanol–water partition coefficient (Wildman–Crippen LogP) is -0.0813. The van der Waals surface area contributed by atoms with E-state index in [0.29, 0.717) is 5.56 Å². The fourth-order valence-electron chi connectivity index (χ4n) is 1.41. The molecule has 0 heterocycles. The number of nitrogens with two attached hydrogens (primary N) is 1. The maximum Gasteiger partial charge on any atom is 0.326 e. The van der Waals surface area contributed by atoms with Crippen molar-refractivity contribution >= 4 is 23.8 Å². The molecule has 8 nitrogen and oxygen atoms in total. The Morgan fingerprint density at radius 2 is 2.28 bits per heavy atom. The third-order valence-corrected chi connectivity index (χ3v) is 2.30. The molecule has 0 aromatic heterocycles. The van der Waals surface area contributed by atoms with Crippen LogP contribution in [-0.2, 0) is 16.0 Å². The molecule has 96 valence electrons. The van der Waals surface area contributed by atoms with Crippen LogP contribution in [0.2, 0.25) is 0 Å². The molecule has 1 aromatic carbocycles. The molecular formula is C10H11N3O5. The Labute approximate surface area is 102 Å². The van der Waals surface area contributed by atoms with E-state index in [1.54, 1.807) is 0 Å². The van der Waals surface area contributed by atoms with E-state index in [1.165, 1.54) is 18.2 Å². The van der Waals surface area contributed by atoms with E-state index >= 15 is 0 Å². The number of carboxylic acid groups (broad SMARTS) is 1. The van der Waals surface area contributed by atoms with Crippen molar-refractivity contribution in [3.8, 4) is 0 Å². The Bertz CT molecular complexity index is 488. The third-order valence-electron chi connectivity index (χ3n) is 2.30. The minimum absolute atomic E-state index is 0.000952. The summed E-state index contributed by atoms with van der Waals surface area (Å²) < 4.78 is 0. The molecule has 0 aliphatic heterocycles. The highest BCUT2D eigenvalue weighted by Gasteiger charge is 2.19. The first kappa shape index (κ1) is 13.4. The van der Waals surface area contributed by atoms with Crippen molar-refractivity contribution in [1.29, 1.82) is 0 Å². The van der Waals surface area contributed by atoms with Crippen LogP contribution in [0.4, 0.5) is 11.4 Å². The van der Waals surface area contributed by atoms with Gasteiger partial charge < -0.3 is 16.2 Å². The number of anilines is 1. The third kappa shape index (κ3) is 3.17. The number of nitro benzene ring substituents is 1. The maximum absolute atomic E-state index is 10.8. The molecule has 0 saturated carbocycles. The molecule has 0 radical (unpaired) electrons. The van der Waals surface area contributed by atoms with Gasteiger partial charge in [0.25, 0.3) is 5.69 Å². The number of carboxylic acids is 1. The number of nitro groups is 1. The van der Waals surface area contributed by atoms with E-state index in [4.69, 9.17) is 10.8 Å². The summed E-state index contributed by atoms with van der Waals surface area (Å²) >= 11 is 0. The summed E-state index contributed by atoms with van der Waals surface area (Å²) in [7, 11) is 0. The summed E-state index contributed by atoms with van der Waals surface area (Å²) in [6, 6.07) is 2.86. The number of amides is 1. The molecule has 4 N–H and O–H groups in total. The topological polar surface area (TPSA) is 136 Å². The lowest BCUT2D eigenvalue weighted by Crippen LogP contribution is -2.37. The van der Waals surface area contributed by atoms with Crippen LogP contribution >= 0.6 is 0 Å². The Hall–Kier alpha value is -2.64. The number of carbonyl (C=O) groups is 2. The number of carbonyl (C=O) groups excluding carboxylic acids is 1. The van der Waals surface area contributed by atoms with Crippen molar-refractivity contribution in [3.63, 3.8) is 0 Å². The number of nitrogens with one attached hydrogen (secondary N) is 1. The summed E-state index contributed by atoms with van der Waals surface area (Å²) in [5.74, 6) is -1.22. The molecule has 1 aromatic rings. The molecule has 0 spiro atoms. The SMILES string of the molecule is Nc1ccc(CC(NC=O)C(=O)O)cc1[N+](=O)[O-]. The average molecular weight is 253 g/mol. The zero-order chi connectivity index (χ0) is 13.7. The van der Waals surface area contributed by atoms with Crippen LogP contribution < -0.4 is 11.1 Å². The number of aliphatic carboxylic acids is 1. The molecule has 1 unspecified atom stereocenters. The van der Waals surface area contributed by atoms with Crippen molar-refractivity contribution in [1.82, 2.24) is 5.32 Å². The van der Waals surface area contributed by atoms with E-state index in [0.717, 1.165) is 0 Å². The fourth-order valence-corrected chi connectivity index (χ4v) is 1.41. The van der Waals surface area contributed by atoms with Crippen LogP contribution in [0.1, 0.15) is 5.56 Å². The number of hydrogen-bond donors (Lipinski definition) is 3. The van der Waals surface area contributed by atoms with E-state index in [9.17, 15) is 19.7 Å². The second-order valence-electron chi connectivity index (χ2n) is 3.53. The molecule has 0 bridgehead atoms. The number of hydrogen-bond acceptors (Lipinski definition) is 5. The molecule has 1 rings (SSSR count). The number of nitrogen functional groups attached to an aromatic ring is 1. The van der Waals surface area contributed by atoms with Gasteiger partial charge in [0.05, 0.1) is 4.92 Å². The first-order valence-corrected chi connectivity index (χ1v) is 4.91. The standard InChI is InChI=1S/C10H11N3O5/c11-7-2-1-6(4-9(7)13(17)18)3-8(10(15)16)12-5-14/h1-2,4-5,8H,3,11H2,(H,12,14)(H,15,16). The summed E-state index contributed by atoms with van der Waals surface area (Å²) in [4.78, 5) is 31.0. The van der Waals surface area contributed by atoms with Crippen LogP contribution in [0.3, 0.4) is 0 Å². The van der Waals surface area contributed by atoms with E-state index in [2.05, 4.69) is 5.32 Å². The van der Waals surface area contributed by atoms with Gasteiger partial charge in [-0.1, -0.05) is 6.07 Å². The van der Waals surface area contributed by atoms with E-state index < -0.39 is 16.9 Å². The first-order valence-electron chi connectivity index (χ1n) is 4.91. The minimum Gasteiger partial charge on any atom is -0.480 e. The van der Waals surface area contributed by atoms with Gasteiger partial charge in [0.1, 0.15) is 11.7 Å². The minimum atomic E-state index is -1.22. The average Bonchev–Trinajstić information content (AvgIpc) is 2.30. The largest absolute Gasteiger partial charge is 0.480 e. The van der Waals surface area contributed by atoms with Crippen LogP contribution in [-0.4, -0.2) is 28.5 Å². The lowest BCUT2D eigenvalue weighted by Gasteiger charge is -2.11. The van der Waals surface area contributed by atoms with Gasteiger partial charge in [-0.05, 0) is 11.6 Å². The quantitative estimate of drug-likeness (QED) is 0.281. The van der Waals surface area contributed by atoms with Crippen molar-refractivity contribution in [2.75, 3.05) is 5.73 Å². The smallest absolute Gasteiger partial charge is 0.326 e. The summed E-state index contributed by atoms with van der Waals surface area (Å²) in [6.07, 6.45) is 0.208. The molecule has 0 saturated heterocycles. The number of rotatable bonds is 6. The highest BCUT2D eigenvalue weighted by Crippen LogP contribution is 2.22. The molecule has 18 heavy (non-hydrogen) atoms. The highest BCUT2D eigenvalue weighted by molar-refractivity contribution is 5.76. The summed E-state index contributed by atoms with van der Waals surface area (Å²) in [6.45, 7) is 0. The maximum atomic E-state index is 10.8.